The van der Waals surface area contributed by atoms with E-state index in [-0.39, 0.29) is 11.4 Å². The maximum atomic E-state index is 12.1. The Bertz CT molecular complexity index is 804. The van der Waals surface area contributed by atoms with Crippen LogP contribution in [-0.2, 0) is 14.1 Å². The molecule has 1 aromatic carbocycles. The molecule has 21 heavy (non-hydrogen) atoms. The lowest BCUT2D eigenvalue weighted by Gasteiger charge is -2.18. The van der Waals surface area contributed by atoms with Crippen molar-refractivity contribution in [1.82, 2.24) is 14.3 Å². The lowest BCUT2D eigenvalue weighted by Crippen LogP contribution is -2.41. The van der Waals surface area contributed by atoms with E-state index >= 15 is 0 Å². The summed E-state index contributed by atoms with van der Waals surface area (Å²) in [5.74, 6) is -0.956. The normalized spacial score (nSPS) is 10.4. The molecule has 8 heteroatoms. The van der Waals surface area contributed by atoms with Gasteiger partial charge in [0.1, 0.15) is 0 Å². The zero-order chi connectivity index (χ0) is 15.7. The molecule has 0 saturated heterocycles. The smallest absolute Gasteiger partial charge is 0.346 e. The second-order valence-corrected chi connectivity index (χ2v) is 4.51. The third-order valence-corrected chi connectivity index (χ3v) is 3.12. The van der Waals surface area contributed by atoms with Gasteiger partial charge in [-0.25, -0.2) is 14.3 Å². The van der Waals surface area contributed by atoms with Crippen LogP contribution >= 0.6 is 0 Å². The van der Waals surface area contributed by atoms with Gasteiger partial charge in [-0.1, -0.05) is 0 Å². The summed E-state index contributed by atoms with van der Waals surface area (Å²) < 4.78 is 2.03. The minimum absolute atomic E-state index is 0.0719. The minimum atomic E-state index is -1.03. The summed E-state index contributed by atoms with van der Waals surface area (Å²) in [5.41, 5.74) is -0.307. The second-order valence-electron chi connectivity index (χ2n) is 4.51. The summed E-state index contributed by atoms with van der Waals surface area (Å²) in [6.07, 6.45) is 0. The first-order valence-corrected chi connectivity index (χ1v) is 6.04. The highest BCUT2D eigenvalue weighted by atomic mass is 16.4. The van der Waals surface area contributed by atoms with Crippen LogP contribution in [0.25, 0.3) is 0 Å². The van der Waals surface area contributed by atoms with Crippen LogP contribution < -0.4 is 16.1 Å². The molecule has 1 heterocycles. The Labute approximate surface area is 119 Å². The number of hydrogen-bond acceptors (Lipinski definition) is 5. The number of rotatable bonds is 3. The number of aromatic carboxylic acids is 1. The number of benzene rings is 1. The molecular weight excluding hydrogens is 276 g/mol. The van der Waals surface area contributed by atoms with Gasteiger partial charge in [0.15, 0.2) is 0 Å². The highest BCUT2D eigenvalue weighted by Crippen LogP contribution is 2.18. The molecule has 0 aliphatic rings. The topological polar surface area (TPSA) is 97.4 Å². The highest BCUT2D eigenvalue weighted by molar-refractivity contribution is 5.88. The molecule has 0 saturated carbocycles. The summed E-state index contributed by atoms with van der Waals surface area (Å²) in [5, 5.41) is 12.8. The number of nitrogens with zero attached hydrogens (tertiary/aromatic N) is 4. The van der Waals surface area contributed by atoms with Gasteiger partial charge in [0.05, 0.1) is 5.56 Å². The Morgan fingerprint density at radius 1 is 1.19 bits per heavy atom. The van der Waals surface area contributed by atoms with E-state index in [2.05, 4.69) is 5.10 Å². The molecule has 0 bridgehead atoms. The van der Waals surface area contributed by atoms with Crippen LogP contribution in [0, 0.1) is 0 Å². The lowest BCUT2D eigenvalue weighted by atomic mass is 10.2. The number of aryl methyl sites for hydroxylation is 1. The van der Waals surface area contributed by atoms with Crippen LogP contribution in [0.5, 0.6) is 0 Å². The zero-order valence-corrected chi connectivity index (χ0v) is 11.8. The summed E-state index contributed by atoms with van der Waals surface area (Å²) in [7, 11) is 4.44. The predicted molar refractivity (Wildman–Crippen MR) is 76.2 cm³/mol. The summed E-state index contributed by atoms with van der Waals surface area (Å²) in [6, 6.07) is 5.99. The minimum Gasteiger partial charge on any atom is -0.478 e. The molecule has 1 N–H and O–H groups in total. The monoisotopic (exact) mass is 290 g/mol. The Morgan fingerprint density at radius 2 is 1.76 bits per heavy atom. The maximum Gasteiger partial charge on any atom is 0.346 e. The van der Waals surface area contributed by atoms with Crippen molar-refractivity contribution < 1.29 is 9.90 Å². The molecule has 1 aromatic heterocycles. The average molecular weight is 290 g/mol. The number of carboxylic acid groups (broad SMARTS) is 1. The fourth-order valence-electron chi connectivity index (χ4n) is 1.84. The van der Waals surface area contributed by atoms with E-state index in [0.29, 0.717) is 5.69 Å². The van der Waals surface area contributed by atoms with Crippen molar-refractivity contribution in [2.45, 2.75) is 0 Å². The first-order chi connectivity index (χ1) is 9.82. The predicted octanol–water partition coefficient (Wildman–Crippen LogP) is -0.0549. The quantitative estimate of drug-likeness (QED) is 0.851. The van der Waals surface area contributed by atoms with Crippen molar-refractivity contribution in [2.75, 3.05) is 11.9 Å². The molecule has 0 spiro atoms. The molecule has 0 aliphatic heterocycles. The number of carbonyl (C=O) groups is 1. The van der Waals surface area contributed by atoms with Crippen LogP contribution in [0.4, 0.5) is 11.5 Å². The molecule has 0 radical (unpaired) electrons. The molecule has 0 atom stereocenters. The second kappa shape index (κ2) is 5.23. The van der Waals surface area contributed by atoms with Crippen molar-refractivity contribution in [1.29, 1.82) is 0 Å². The van der Waals surface area contributed by atoms with Crippen LogP contribution in [0.3, 0.4) is 0 Å². The van der Waals surface area contributed by atoms with Gasteiger partial charge < -0.3 is 10.0 Å². The van der Waals surface area contributed by atoms with E-state index in [4.69, 9.17) is 5.11 Å². The van der Waals surface area contributed by atoms with E-state index in [1.165, 1.54) is 31.1 Å². The van der Waals surface area contributed by atoms with Crippen molar-refractivity contribution in [3.05, 3.63) is 50.7 Å². The third-order valence-electron chi connectivity index (χ3n) is 3.12. The number of anilines is 2. The van der Waals surface area contributed by atoms with Gasteiger partial charge in [-0.05, 0) is 24.3 Å². The molecular formula is C13H14N4O4. The van der Waals surface area contributed by atoms with E-state index in [1.54, 1.807) is 19.2 Å². The van der Waals surface area contributed by atoms with Gasteiger partial charge in [-0.3, -0.25) is 9.36 Å². The van der Waals surface area contributed by atoms with Gasteiger partial charge in [-0.15, -0.1) is 5.10 Å². The fraction of sp³-hybridized carbons (Fsp3) is 0.231. The van der Waals surface area contributed by atoms with Crippen molar-refractivity contribution in [3.8, 4) is 0 Å². The fourth-order valence-corrected chi connectivity index (χ4v) is 1.84. The number of hydrogen-bond donors (Lipinski definition) is 1. The van der Waals surface area contributed by atoms with Crippen molar-refractivity contribution >= 4 is 17.5 Å². The Hall–Kier alpha value is -2.90. The van der Waals surface area contributed by atoms with Crippen molar-refractivity contribution in [2.24, 2.45) is 14.1 Å². The van der Waals surface area contributed by atoms with E-state index in [1.807, 2.05) is 0 Å². The lowest BCUT2D eigenvalue weighted by molar-refractivity contribution is 0.0697. The molecule has 110 valence electrons. The molecule has 2 aromatic rings. The Kier molecular flexibility index (Phi) is 3.62. The average Bonchev–Trinajstić information content (AvgIpc) is 2.48. The van der Waals surface area contributed by atoms with Crippen molar-refractivity contribution in [3.63, 3.8) is 0 Å². The molecule has 0 aliphatic carbocycles. The maximum absolute atomic E-state index is 12.1. The zero-order valence-electron chi connectivity index (χ0n) is 11.8. The summed E-state index contributed by atoms with van der Waals surface area (Å²) in [4.78, 5) is 36.0. The highest BCUT2D eigenvalue weighted by Gasteiger charge is 2.15. The van der Waals surface area contributed by atoms with Gasteiger partial charge in [-0.2, -0.15) is 0 Å². The largest absolute Gasteiger partial charge is 0.478 e. The molecule has 0 fully saturated rings. The standard InChI is InChI=1S/C13H14N4O4/c1-15(9-6-4-8(5-7-9)12(19)20)10-11(18)16(2)13(21)17(3)14-10/h4-7H,1-3H3,(H,19,20). The van der Waals surface area contributed by atoms with E-state index < -0.39 is 17.2 Å². The summed E-state index contributed by atoms with van der Waals surface area (Å²) >= 11 is 0. The van der Waals surface area contributed by atoms with Gasteiger partial charge in [0.25, 0.3) is 5.56 Å². The first kappa shape index (κ1) is 14.5. The number of carboxylic acids is 1. The third kappa shape index (κ3) is 2.55. The molecule has 0 amide bonds. The van der Waals surface area contributed by atoms with Gasteiger partial charge in [0.2, 0.25) is 5.82 Å². The SMILES string of the molecule is CN(c1ccc(C(=O)O)cc1)c1nn(C)c(=O)n(C)c1=O. The Morgan fingerprint density at radius 3 is 2.29 bits per heavy atom. The molecule has 8 nitrogen and oxygen atoms in total. The van der Waals surface area contributed by atoms with E-state index in [0.717, 1.165) is 9.25 Å². The molecule has 2 rings (SSSR count). The van der Waals surface area contributed by atoms with Gasteiger partial charge >= 0.3 is 11.7 Å². The number of aromatic nitrogens is 3. The van der Waals surface area contributed by atoms with Crippen LogP contribution in [-0.4, -0.2) is 32.5 Å². The summed E-state index contributed by atoms with van der Waals surface area (Å²) in [6.45, 7) is 0. The first-order valence-electron chi connectivity index (χ1n) is 6.04. The van der Waals surface area contributed by atoms with Gasteiger partial charge in [0, 0.05) is 26.8 Å². The van der Waals surface area contributed by atoms with E-state index in [9.17, 15) is 14.4 Å². The van der Waals surface area contributed by atoms with Crippen LogP contribution in [0.1, 0.15) is 10.4 Å². The van der Waals surface area contributed by atoms with Crippen LogP contribution in [0.2, 0.25) is 0 Å². The Balaban J connectivity index is 2.50. The van der Waals surface area contributed by atoms with Crippen LogP contribution in [0.15, 0.2) is 33.9 Å². The molecule has 0 unspecified atom stereocenters.